The van der Waals surface area contributed by atoms with Crippen molar-refractivity contribution in [2.45, 2.75) is 31.9 Å². The summed E-state index contributed by atoms with van der Waals surface area (Å²) in [5, 5.41) is 8.67. The summed E-state index contributed by atoms with van der Waals surface area (Å²) in [5.74, 6) is 2.48. The number of benzene rings is 1. The topological polar surface area (TPSA) is 20.2 Å². The first-order valence-electron chi connectivity index (χ1n) is 5.55. The van der Waals surface area contributed by atoms with Crippen LogP contribution in [0.4, 0.5) is 0 Å². The Balaban J connectivity index is 2.49. The van der Waals surface area contributed by atoms with Crippen LogP contribution in [0.2, 0.25) is 0 Å². The average molecular weight is 224 g/mol. The molecule has 0 aromatic heterocycles. The molecule has 0 spiro atoms. The molecule has 0 aliphatic heterocycles. The number of aliphatic hydroxyl groups is 1. The smallest absolute Gasteiger partial charge is 0.0521 e. The first-order chi connectivity index (χ1) is 7.27. The highest BCUT2D eigenvalue weighted by molar-refractivity contribution is 7.98. The Hall–Kier alpha value is -0.470. The molecule has 1 aromatic rings. The maximum atomic E-state index is 8.67. The molecule has 2 heteroatoms. The average Bonchev–Trinajstić information content (AvgIpc) is 2.29. The van der Waals surface area contributed by atoms with Crippen molar-refractivity contribution in [1.82, 2.24) is 0 Å². The Morgan fingerprint density at radius 3 is 2.47 bits per heavy atom. The summed E-state index contributed by atoms with van der Waals surface area (Å²) in [5.41, 5.74) is 2.77. The van der Waals surface area contributed by atoms with Gasteiger partial charge in [0.2, 0.25) is 0 Å². The lowest BCUT2D eigenvalue weighted by Gasteiger charge is -2.09. The predicted molar refractivity (Wildman–Crippen MR) is 68.4 cm³/mol. The van der Waals surface area contributed by atoms with Crippen molar-refractivity contribution < 1.29 is 5.11 Å². The summed E-state index contributed by atoms with van der Waals surface area (Å²) in [6.45, 7) is 4.75. The number of hydrogen-bond acceptors (Lipinski definition) is 2. The van der Waals surface area contributed by atoms with E-state index in [-0.39, 0.29) is 6.61 Å². The van der Waals surface area contributed by atoms with E-state index in [0.717, 1.165) is 11.5 Å². The van der Waals surface area contributed by atoms with Gasteiger partial charge >= 0.3 is 0 Å². The fraction of sp³-hybridized carbons (Fsp3) is 0.538. The summed E-state index contributed by atoms with van der Waals surface area (Å²) in [6, 6.07) is 8.85. The van der Waals surface area contributed by atoms with Crippen molar-refractivity contribution >= 4 is 11.8 Å². The molecule has 0 amide bonds. The van der Waals surface area contributed by atoms with Gasteiger partial charge in [0.05, 0.1) is 6.61 Å². The van der Waals surface area contributed by atoms with Gasteiger partial charge in [0.25, 0.3) is 0 Å². The van der Waals surface area contributed by atoms with Gasteiger partial charge in [-0.2, -0.15) is 11.8 Å². The molecule has 1 aromatic carbocycles. The molecular weight excluding hydrogens is 204 g/mol. The Morgan fingerprint density at radius 2 is 1.93 bits per heavy atom. The molecule has 0 fully saturated rings. The number of aliphatic hydroxyl groups excluding tert-OH is 1. The molecule has 0 saturated carbocycles. The van der Waals surface area contributed by atoms with E-state index in [1.54, 1.807) is 11.8 Å². The van der Waals surface area contributed by atoms with Crippen LogP contribution in [0.5, 0.6) is 0 Å². The van der Waals surface area contributed by atoms with Gasteiger partial charge in [0.15, 0.2) is 0 Å². The van der Waals surface area contributed by atoms with E-state index in [0.29, 0.717) is 5.92 Å². The molecule has 0 aliphatic rings. The second-order valence-electron chi connectivity index (χ2n) is 3.83. The monoisotopic (exact) mass is 224 g/mol. The largest absolute Gasteiger partial charge is 0.396 e. The molecule has 0 radical (unpaired) electrons. The summed E-state index contributed by atoms with van der Waals surface area (Å²) < 4.78 is 0. The molecule has 15 heavy (non-hydrogen) atoms. The molecule has 0 bridgehead atoms. The summed E-state index contributed by atoms with van der Waals surface area (Å²) in [4.78, 5) is 0. The van der Waals surface area contributed by atoms with Crippen LogP contribution in [-0.4, -0.2) is 17.5 Å². The lowest BCUT2D eigenvalue weighted by Crippen LogP contribution is -1.92. The molecule has 0 heterocycles. The normalized spacial score (nSPS) is 12.7. The third-order valence-corrected chi connectivity index (χ3v) is 3.67. The van der Waals surface area contributed by atoms with Crippen molar-refractivity contribution in [2.75, 3.05) is 12.4 Å². The minimum absolute atomic E-state index is 0.273. The van der Waals surface area contributed by atoms with E-state index < -0.39 is 0 Å². The third kappa shape index (κ3) is 4.27. The summed E-state index contributed by atoms with van der Waals surface area (Å²) >= 11 is 1.78. The van der Waals surface area contributed by atoms with Crippen LogP contribution < -0.4 is 0 Å². The minimum atomic E-state index is 0.273. The number of hydrogen-bond donors (Lipinski definition) is 1. The van der Waals surface area contributed by atoms with Crippen molar-refractivity contribution in [1.29, 1.82) is 0 Å². The first kappa shape index (κ1) is 12.6. The Labute approximate surface area is 96.9 Å². The van der Waals surface area contributed by atoms with Gasteiger partial charge in [-0.3, -0.25) is 0 Å². The second-order valence-corrected chi connectivity index (χ2v) is 4.93. The molecule has 1 rings (SSSR count). The molecule has 0 saturated heterocycles. The number of thioether (sulfide) groups is 1. The van der Waals surface area contributed by atoms with Crippen LogP contribution in [0.25, 0.3) is 0 Å². The lowest BCUT2D eigenvalue weighted by atomic mass is 9.98. The minimum Gasteiger partial charge on any atom is -0.396 e. The van der Waals surface area contributed by atoms with E-state index in [1.807, 2.05) is 0 Å². The zero-order valence-electron chi connectivity index (χ0n) is 9.57. The molecule has 1 N–H and O–H groups in total. The standard InChI is InChI=1S/C13H20OS/c1-3-11(2)13-6-4-12(5-7-13)10-15-9-8-14/h4-7,11,14H,3,8-10H2,1-2H3. The first-order valence-corrected chi connectivity index (χ1v) is 6.70. The highest BCUT2D eigenvalue weighted by Gasteiger charge is 2.02. The van der Waals surface area contributed by atoms with Gasteiger partial charge in [-0.25, -0.2) is 0 Å². The fourth-order valence-electron chi connectivity index (χ4n) is 1.43. The maximum Gasteiger partial charge on any atom is 0.0521 e. The lowest BCUT2D eigenvalue weighted by molar-refractivity contribution is 0.322. The molecule has 1 nitrogen and oxygen atoms in total. The highest BCUT2D eigenvalue weighted by atomic mass is 32.2. The molecule has 1 unspecified atom stereocenters. The highest BCUT2D eigenvalue weighted by Crippen LogP contribution is 2.20. The van der Waals surface area contributed by atoms with Gasteiger partial charge in [-0.1, -0.05) is 38.1 Å². The van der Waals surface area contributed by atoms with Gasteiger partial charge < -0.3 is 5.11 Å². The van der Waals surface area contributed by atoms with Crippen molar-refractivity contribution in [3.63, 3.8) is 0 Å². The molecule has 1 atom stereocenters. The van der Waals surface area contributed by atoms with Crippen LogP contribution in [0.3, 0.4) is 0 Å². The Kier molecular flexibility index (Phi) is 5.81. The third-order valence-electron chi connectivity index (χ3n) is 2.67. The van der Waals surface area contributed by atoms with E-state index in [1.165, 1.54) is 17.5 Å². The zero-order chi connectivity index (χ0) is 11.1. The van der Waals surface area contributed by atoms with E-state index in [2.05, 4.69) is 38.1 Å². The van der Waals surface area contributed by atoms with Crippen LogP contribution in [0.15, 0.2) is 24.3 Å². The van der Waals surface area contributed by atoms with Crippen LogP contribution in [0.1, 0.15) is 37.3 Å². The van der Waals surface area contributed by atoms with E-state index >= 15 is 0 Å². The molecule has 0 aliphatic carbocycles. The zero-order valence-corrected chi connectivity index (χ0v) is 10.4. The molecular formula is C13H20OS. The van der Waals surface area contributed by atoms with E-state index in [4.69, 9.17) is 5.11 Å². The van der Waals surface area contributed by atoms with Crippen molar-refractivity contribution in [2.24, 2.45) is 0 Å². The van der Waals surface area contributed by atoms with Crippen molar-refractivity contribution in [3.8, 4) is 0 Å². The maximum absolute atomic E-state index is 8.67. The van der Waals surface area contributed by atoms with Gasteiger partial charge in [0, 0.05) is 11.5 Å². The molecule has 84 valence electrons. The predicted octanol–water partition coefficient (Wildman–Crippen LogP) is 3.43. The SMILES string of the molecule is CCC(C)c1ccc(CSCCO)cc1. The van der Waals surface area contributed by atoms with Crippen LogP contribution in [-0.2, 0) is 5.75 Å². The van der Waals surface area contributed by atoms with Crippen LogP contribution >= 0.6 is 11.8 Å². The van der Waals surface area contributed by atoms with Crippen LogP contribution in [0, 0.1) is 0 Å². The van der Waals surface area contributed by atoms with Gasteiger partial charge in [-0.05, 0) is 23.5 Å². The Bertz CT molecular complexity index is 268. The van der Waals surface area contributed by atoms with E-state index in [9.17, 15) is 0 Å². The fourth-order valence-corrected chi connectivity index (χ4v) is 2.13. The summed E-state index contributed by atoms with van der Waals surface area (Å²) in [6.07, 6.45) is 1.19. The number of rotatable bonds is 6. The second kappa shape index (κ2) is 6.91. The van der Waals surface area contributed by atoms with Crippen molar-refractivity contribution in [3.05, 3.63) is 35.4 Å². The van der Waals surface area contributed by atoms with Gasteiger partial charge in [-0.15, -0.1) is 0 Å². The quantitative estimate of drug-likeness (QED) is 0.747. The Morgan fingerprint density at radius 1 is 1.27 bits per heavy atom. The summed E-state index contributed by atoms with van der Waals surface area (Å²) in [7, 11) is 0. The van der Waals surface area contributed by atoms with Gasteiger partial charge in [0.1, 0.15) is 0 Å².